The van der Waals surface area contributed by atoms with E-state index in [0.717, 1.165) is 11.1 Å². The van der Waals surface area contributed by atoms with Crippen molar-refractivity contribution in [1.82, 2.24) is 9.88 Å². The summed E-state index contributed by atoms with van der Waals surface area (Å²) in [4.78, 5) is 30.2. The van der Waals surface area contributed by atoms with Crippen LogP contribution in [0.1, 0.15) is 27.6 Å². The second-order valence-corrected chi connectivity index (χ2v) is 5.66. The van der Waals surface area contributed by atoms with Gasteiger partial charge in [-0.15, -0.1) is 0 Å². The van der Waals surface area contributed by atoms with Crippen LogP contribution in [0.4, 0.5) is 0 Å². The number of hydrogen-bond donors (Lipinski definition) is 0. The molecule has 1 aromatic heterocycles. The minimum absolute atomic E-state index is 0.00764. The fourth-order valence-electron chi connectivity index (χ4n) is 2.68. The number of pyridine rings is 1. The predicted molar refractivity (Wildman–Crippen MR) is 92.4 cm³/mol. The van der Waals surface area contributed by atoms with Crippen molar-refractivity contribution in [2.45, 2.75) is 6.92 Å². The lowest BCUT2D eigenvalue weighted by molar-refractivity contribution is 0.0303. The molecule has 1 saturated heterocycles. The van der Waals surface area contributed by atoms with Crippen LogP contribution in [0.2, 0.25) is 0 Å². The number of ether oxygens (including phenoxy) is 2. The molecule has 0 unspecified atom stereocenters. The van der Waals surface area contributed by atoms with Gasteiger partial charge in [-0.2, -0.15) is 0 Å². The molecule has 1 aromatic carbocycles. The molecule has 0 N–H and O–H groups in total. The standard InChI is InChI=1S/C19H20N2O4/c1-2-25-19(23)17-11-16(12-20-13-17)14-3-5-15(6-4-14)18(22)21-7-9-24-10-8-21/h3-6,11-13H,2,7-10H2,1H3. The molecule has 0 atom stereocenters. The lowest BCUT2D eigenvalue weighted by Crippen LogP contribution is -2.40. The molecule has 0 spiro atoms. The highest BCUT2D eigenvalue weighted by molar-refractivity contribution is 5.95. The van der Waals surface area contributed by atoms with Crippen molar-refractivity contribution in [2.75, 3.05) is 32.9 Å². The van der Waals surface area contributed by atoms with Gasteiger partial charge in [-0.3, -0.25) is 9.78 Å². The van der Waals surface area contributed by atoms with Crippen molar-refractivity contribution in [2.24, 2.45) is 0 Å². The SMILES string of the molecule is CCOC(=O)c1cncc(-c2ccc(C(=O)N3CCOCC3)cc2)c1. The smallest absolute Gasteiger partial charge is 0.339 e. The first kappa shape index (κ1) is 17.1. The van der Waals surface area contributed by atoms with Gasteiger partial charge >= 0.3 is 5.97 Å². The molecule has 6 heteroatoms. The number of morpholine rings is 1. The summed E-state index contributed by atoms with van der Waals surface area (Å²) < 4.78 is 10.3. The molecular formula is C19H20N2O4. The van der Waals surface area contributed by atoms with Gasteiger partial charge in [-0.1, -0.05) is 12.1 Å². The van der Waals surface area contributed by atoms with Crippen molar-refractivity contribution in [3.05, 3.63) is 53.9 Å². The Morgan fingerprint density at radius 1 is 1.08 bits per heavy atom. The Morgan fingerprint density at radius 2 is 1.80 bits per heavy atom. The fraction of sp³-hybridized carbons (Fsp3) is 0.316. The van der Waals surface area contributed by atoms with Crippen LogP contribution in [0.25, 0.3) is 11.1 Å². The number of rotatable bonds is 4. The molecule has 2 aromatic rings. The number of aromatic nitrogens is 1. The van der Waals surface area contributed by atoms with Crippen molar-refractivity contribution < 1.29 is 19.1 Å². The largest absolute Gasteiger partial charge is 0.462 e. The summed E-state index contributed by atoms with van der Waals surface area (Å²) >= 11 is 0. The summed E-state index contributed by atoms with van der Waals surface area (Å²) in [5.41, 5.74) is 2.74. The van der Waals surface area contributed by atoms with Gasteiger partial charge in [0.15, 0.2) is 0 Å². The number of carbonyl (C=O) groups is 2. The van der Waals surface area contributed by atoms with Crippen molar-refractivity contribution >= 4 is 11.9 Å². The van der Waals surface area contributed by atoms with E-state index < -0.39 is 5.97 Å². The molecule has 1 aliphatic rings. The molecule has 130 valence electrons. The average molecular weight is 340 g/mol. The topological polar surface area (TPSA) is 68.7 Å². The van der Waals surface area contributed by atoms with Crippen LogP contribution in [-0.4, -0.2) is 54.7 Å². The third kappa shape index (κ3) is 4.03. The molecule has 25 heavy (non-hydrogen) atoms. The summed E-state index contributed by atoms with van der Waals surface area (Å²) in [5.74, 6) is -0.385. The Morgan fingerprint density at radius 3 is 2.48 bits per heavy atom. The monoisotopic (exact) mass is 340 g/mol. The zero-order valence-electron chi connectivity index (χ0n) is 14.1. The molecule has 0 aliphatic carbocycles. The Hall–Kier alpha value is -2.73. The minimum atomic E-state index is -0.393. The van der Waals surface area contributed by atoms with E-state index >= 15 is 0 Å². The number of benzene rings is 1. The van der Waals surface area contributed by atoms with Gasteiger partial charge in [0.05, 0.1) is 25.4 Å². The highest BCUT2D eigenvalue weighted by Gasteiger charge is 2.18. The van der Waals surface area contributed by atoms with Crippen LogP contribution in [-0.2, 0) is 9.47 Å². The van der Waals surface area contributed by atoms with Crippen molar-refractivity contribution in [3.63, 3.8) is 0 Å². The summed E-state index contributed by atoms with van der Waals surface area (Å²) in [6, 6.07) is 9.05. The molecule has 1 amide bonds. The summed E-state index contributed by atoms with van der Waals surface area (Å²) in [7, 11) is 0. The van der Waals surface area contributed by atoms with E-state index in [9.17, 15) is 9.59 Å². The summed E-state index contributed by atoms with van der Waals surface area (Å²) in [6.07, 6.45) is 3.17. The molecular weight excluding hydrogens is 320 g/mol. The maximum absolute atomic E-state index is 12.5. The van der Waals surface area contributed by atoms with Crippen LogP contribution in [0, 0.1) is 0 Å². The molecule has 0 saturated carbocycles. The van der Waals surface area contributed by atoms with E-state index in [1.165, 1.54) is 6.20 Å². The number of carbonyl (C=O) groups excluding carboxylic acids is 2. The van der Waals surface area contributed by atoms with Crippen LogP contribution >= 0.6 is 0 Å². The Bertz CT molecular complexity index is 752. The second-order valence-electron chi connectivity index (χ2n) is 5.66. The Kier molecular flexibility index (Phi) is 5.40. The van der Waals surface area contributed by atoms with Gasteiger partial charge in [-0.05, 0) is 30.7 Å². The molecule has 1 aliphatic heterocycles. The minimum Gasteiger partial charge on any atom is -0.462 e. The summed E-state index contributed by atoms with van der Waals surface area (Å²) in [5, 5.41) is 0. The molecule has 2 heterocycles. The van der Waals surface area contributed by atoms with E-state index in [2.05, 4.69) is 4.98 Å². The fourth-order valence-corrected chi connectivity index (χ4v) is 2.68. The molecule has 0 bridgehead atoms. The average Bonchev–Trinajstić information content (AvgIpc) is 2.68. The molecule has 0 radical (unpaired) electrons. The van der Waals surface area contributed by atoms with Gasteiger partial charge < -0.3 is 14.4 Å². The molecule has 6 nitrogen and oxygen atoms in total. The van der Waals surface area contributed by atoms with E-state index in [1.807, 2.05) is 12.1 Å². The molecule has 3 rings (SSSR count). The van der Waals surface area contributed by atoms with Crippen LogP contribution in [0.15, 0.2) is 42.7 Å². The number of esters is 1. The first-order chi connectivity index (χ1) is 12.2. The van der Waals surface area contributed by atoms with Crippen molar-refractivity contribution in [1.29, 1.82) is 0 Å². The normalized spacial score (nSPS) is 14.2. The Balaban J connectivity index is 1.77. The maximum atomic E-state index is 12.5. The highest BCUT2D eigenvalue weighted by atomic mass is 16.5. The number of nitrogens with zero attached hydrogens (tertiary/aromatic N) is 2. The number of hydrogen-bond acceptors (Lipinski definition) is 5. The number of amides is 1. The maximum Gasteiger partial charge on any atom is 0.339 e. The van der Waals surface area contributed by atoms with Crippen LogP contribution in [0.3, 0.4) is 0 Å². The lowest BCUT2D eigenvalue weighted by atomic mass is 10.0. The van der Waals surface area contributed by atoms with Gasteiger partial charge in [-0.25, -0.2) is 4.79 Å². The zero-order valence-corrected chi connectivity index (χ0v) is 14.1. The van der Waals surface area contributed by atoms with Gasteiger partial charge in [0.2, 0.25) is 0 Å². The summed E-state index contributed by atoms with van der Waals surface area (Å²) in [6.45, 7) is 4.48. The predicted octanol–water partition coefficient (Wildman–Crippen LogP) is 2.40. The van der Waals surface area contributed by atoms with Gasteiger partial charge in [0.1, 0.15) is 0 Å². The van der Waals surface area contributed by atoms with Crippen LogP contribution in [0.5, 0.6) is 0 Å². The van der Waals surface area contributed by atoms with Crippen LogP contribution < -0.4 is 0 Å². The van der Waals surface area contributed by atoms with Gasteiger partial charge in [0.25, 0.3) is 5.91 Å². The first-order valence-corrected chi connectivity index (χ1v) is 8.28. The third-order valence-electron chi connectivity index (χ3n) is 4.01. The van der Waals surface area contributed by atoms with E-state index in [4.69, 9.17) is 9.47 Å². The quantitative estimate of drug-likeness (QED) is 0.800. The first-order valence-electron chi connectivity index (χ1n) is 8.28. The van der Waals surface area contributed by atoms with E-state index in [1.54, 1.807) is 36.2 Å². The van der Waals surface area contributed by atoms with Crippen molar-refractivity contribution in [3.8, 4) is 11.1 Å². The Labute approximate surface area is 146 Å². The van der Waals surface area contributed by atoms with Gasteiger partial charge in [0, 0.05) is 36.6 Å². The highest BCUT2D eigenvalue weighted by Crippen LogP contribution is 2.21. The van der Waals surface area contributed by atoms with E-state index in [-0.39, 0.29) is 5.91 Å². The second kappa shape index (κ2) is 7.90. The van der Waals surface area contributed by atoms with E-state index in [0.29, 0.717) is 44.0 Å². The zero-order chi connectivity index (χ0) is 17.6. The third-order valence-corrected chi connectivity index (χ3v) is 4.01. The lowest BCUT2D eigenvalue weighted by Gasteiger charge is -2.26. The molecule has 1 fully saturated rings.